The second-order valence-corrected chi connectivity index (χ2v) is 9.25. The van der Waals surface area contributed by atoms with Crippen molar-refractivity contribution in [2.75, 3.05) is 7.05 Å². The molecular formula is C24H27NS. The number of hydrogen-bond donors (Lipinski definition) is 1. The summed E-state index contributed by atoms with van der Waals surface area (Å²) in [6, 6.07) is 13.4. The van der Waals surface area contributed by atoms with Crippen LogP contribution in [0, 0.1) is 5.41 Å². The number of hydrogen-bond acceptors (Lipinski definition) is 2. The summed E-state index contributed by atoms with van der Waals surface area (Å²) in [6.45, 7) is 9.84. The van der Waals surface area contributed by atoms with Gasteiger partial charge in [-0.15, -0.1) is 11.3 Å². The molecule has 1 N–H and O–H groups in total. The molecule has 1 aliphatic carbocycles. The zero-order valence-corrected chi connectivity index (χ0v) is 16.8. The fourth-order valence-corrected chi connectivity index (χ4v) is 5.64. The van der Waals surface area contributed by atoms with Crippen LogP contribution < -0.4 is 5.32 Å². The fourth-order valence-electron chi connectivity index (χ4n) is 4.28. The second kappa shape index (κ2) is 6.68. The molecule has 1 nitrogen and oxygen atoms in total. The molecule has 0 atom stereocenters. The third-order valence-corrected chi connectivity index (χ3v) is 6.98. The Labute approximate surface area is 160 Å². The first-order valence-electron chi connectivity index (χ1n) is 9.46. The Hall–Kier alpha value is -1.90. The van der Waals surface area contributed by atoms with Gasteiger partial charge in [-0.25, -0.2) is 0 Å². The summed E-state index contributed by atoms with van der Waals surface area (Å²) < 4.78 is 0. The largest absolute Gasteiger partial charge is 0.316 e. The second-order valence-electron chi connectivity index (χ2n) is 8.14. The highest BCUT2D eigenvalue weighted by Crippen LogP contribution is 2.46. The van der Waals surface area contributed by atoms with Crippen LogP contribution in [-0.2, 0) is 19.4 Å². The minimum Gasteiger partial charge on any atom is -0.316 e. The minimum atomic E-state index is 0.391. The van der Waals surface area contributed by atoms with Crippen LogP contribution in [0.25, 0.3) is 27.3 Å². The predicted molar refractivity (Wildman–Crippen MR) is 116 cm³/mol. The first-order chi connectivity index (χ1) is 12.5. The highest BCUT2D eigenvalue weighted by molar-refractivity contribution is 7.16. The highest BCUT2D eigenvalue weighted by Gasteiger charge is 2.30. The SMILES string of the molecule is C=Cc1c(-c2cccc3c(CNC)cccc23)sc2c1CC(C)(C)CC2. The van der Waals surface area contributed by atoms with E-state index in [-0.39, 0.29) is 0 Å². The van der Waals surface area contributed by atoms with E-state index in [0.717, 1.165) is 13.0 Å². The smallest absolute Gasteiger partial charge is 0.0426 e. The lowest BCUT2D eigenvalue weighted by atomic mass is 9.76. The van der Waals surface area contributed by atoms with Crippen LogP contribution in [0.1, 0.15) is 41.8 Å². The average molecular weight is 362 g/mol. The minimum absolute atomic E-state index is 0.391. The van der Waals surface area contributed by atoms with E-state index in [2.05, 4.69) is 68.2 Å². The normalized spacial score (nSPS) is 15.8. The molecule has 2 aromatic carbocycles. The molecule has 1 aromatic heterocycles. The maximum atomic E-state index is 4.17. The summed E-state index contributed by atoms with van der Waals surface area (Å²) in [5, 5.41) is 5.99. The molecule has 4 rings (SSSR count). The topological polar surface area (TPSA) is 12.0 Å². The average Bonchev–Trinajstić information content (AvgIpc) is 2.98. The molecule has 0 saturated carbocycles. The van der Waals surface area contributed by atoms with Crippen molar-refractivity contribution in [2.45, 2.75) is 39.7 Å². The van der Waals surface area contributed by atoms with Crippen molar-refractivity contribution in [2.24, 2.45) is 5.41 Å². The third kappa shape index (κ3) is 2.91. The molecule has 134 valence electrons. The van der Waals surface area contributed by atoms with Crippen LogP contribution >= 0.6 is 11.3 Å². The Kier molecular flexibility index (Phi) is 4.50. The molecular weight excluding hydrogens is 334 g/mol. The molecule has 1 aliphatic rings. The maximum absolute atomic E-state index is 4.17. The van der Waals surface area contributed by atoms with Crippen molar-refractivity contribution in [3.05, 3.63) is 64.5 Å². The summed E-state index contributed by atoms with van der Waals surface area (Å²) in [4.78, 5) is 2.97. The lowest BCUT2D eigenvalue weighted by molar-refractivity contribution is 0.318. The van der Waals surface area contributed by atoms with E-state index >= 15 is 0 Å². The lowest BCUT2D eigenvalue weighted by Crippen LogP contribution is -2.21. The molecule has 0 spiro atoms. The quantitative estimate of drug-likeness (QED) is 0.563. The van der Waals surface area contributed by atoms with Gasteiger partial charge in [0.15, 0.2) is 0 Å². The molecule has 0 amide bonds. The first-order valence-corrected chi connectivity index (χ1v) is 10.3. The van der Waals surface area contributed by atoms with Gasteiger partial charge in [-0.1, -0.05) is 62.9 Å². The summed E-state index contributed by atoms with van der Waals surface area (Å²) in [5.74, 6) is 0. The van der Waals surface area contributed by atoms with Crippen molar-refractivity contribution >= 4 is 28.2 Å². The molecule has 0 fully saturated rings. The molecule has 0 aliphatic heterocycles. The van der Waals surface area contributed by atoms with Gasteiger partial charge in [0.1, 0.15) is 0 Å². The summed E-state index contributed by atoms with van der Waals surface area (Å²) >= 11 is 1.99. The highest BCUT2D eigenvalue weighted by atomic mass is 32.1. The van der Waals surface area contributed by atoms with Crippen molar-refractivity contribution < 1.29 is 0 Å². The Morgan fingerprint density at radius 2 is 1.92 bits per heavy atom. The number of nitrogens with one attached hydrogen (secondary N) is 1. The first kappa shape index (κ1) is 17.5. The third-order valence-electron chi connectivity index (χ3n) is 5.64. The van der Waals surface area contributed by atoms with Crippen LogP contribution in [0.4, 0.5) is 0 Å². The van der Waals surface area contributed by atoms with Gasteiger partial charge in [0.25, 0.3) is 0 Å². The lowest BCUT2D eigenvalue weighted by Gasteiger charge is -2.29. The Morgan fingerprint density at radius 3 is 2.69 bits per heavy atom. The molecule has 0 radical (unpaired) electrons. The molecule has 0 saturated heterocycles. The van der Waals surface area contributed by atoms with Gasteiger partial charge in [-0.3, -0.25) is 0 Å². The van der Waals surface area contributed by atoms with E-state index in [1.807, 2.05) is 18.4 Å². The molecule has 26 heavy (non-hydrogen) atoms. The van der Waals surface area contributed by atoms with Gasteiger partial charge in [-0.05, 0) is 59.2 Å². The molecule has 2 heteroatoms. The number of rotatable bonds is 4. The van der Waals surface area contributed by atoms with Gasteiger partial charge in [0.2, 0.25) is 0 Å². The van der Waals surface area contributed by atoms with Gasteiger partial charge < -0.3 is 5.32 Å². The maximum Gasteiger partial charge on any atom is 0.0426 e. The fraction of sp³-hybridized carbons (Fsp3) is 0.333. The Balaban J connectivity index is 1.93. The van der Waals surface area contributed by atoms with Crippen LogP contribution in [0.15, 0.2) is 43.0 Å². The summed E-state index contributed by atoms with van der Waals surface area (Å²) in [7, 11) is 2.01. The molecule has 3 aromatic rings. The monoisotopic (exact) mass is 361 g/mol. The van der Waals surface area contributed by atoms with E-state index in [9.17, 15) is 0 Å². The van der Waals surface area contributed by atoms with Crippen molar-refractivity contribution in [1.29, 1.82) is 0 Å². The van der Waals surface area contributed by atoms with Crippen LogP contribution in [0.5, 0.6) is 0 Å². The summed E-state index contributed by atoms with van der Waals surface area (Å²) in [5.41, 5.74) is 6.01. The van der Waals surface area contributed by atoms with Gasteiger partial charge >= 0.3 is 0 Å². The number of fused-ring (bicyclic) bond motifs is 2. The zero-order valence-electron chi connectivity index (χ0n) is 16.0. The predicted octanol–water partition coefficient (Wildman–Crippen LogP) is 6.45. The van der Waals surface area contributed by atoms with E-state index < -0.39 is 0 Å². The standard InChI is InChI=1S/C24H27NS/c1-5-17-21-14-24(2,3)13-12-22(21)26-23(17)20-11-7-9-18-16(15-25-4)8-6-10-19(18)20/h5-11,25H,1,12-15H2,2-4H3. The van der Waals surface area contributed by atoms with E-state index in [4.69, 9.17) is 0 Å². The molecule has 1 heterocycles. The van der Waals surface area contributed by atoms with Crippen LogP contribution in [0.3, 0.4) is 0 Å². The Bertz CT molecular complexity index is 977. The van der Waals surface area contributed by atoms with Crippen molar-refractivity contribution in [1.82, 2.24) is 5.32 Å². The molecule has 0 bridgehead atoms. The van der Waals surface area contributed by atoms with Gasteiger partial charge in [0, 0.05) is 21.9 Å². The van der Waals surface area contributed by atoms with Crippen LogP contribution in [0.2, 0.25) is 0 Å². The van der Waals surface area contributed by atoms with Gasteiger partial charge in [0.05, 0.1) is 0 Å². The van der Waals surface area contributed by atoms with Gasteiger partial charge in [-0.2, -0.15) is 0 Å². The molecule has 0 unspecified atom stereocenters. The van der Waals surface area contributed by atoms with E-state index in [0.29, 0.717) is 5.41 Å². The number of benzene rings is 2. The van der Waals surface area contributed by atoms with E-state index in [1.54, 1.807) is 10.4 Å². The van der Waals surface area contributed by atoms with E-state index in [1.165, 1.54) is 45.2 Å². The summed E-state index contributed by atoms with van der Waals surface area (Å²) in [6.07, 6.45) is 5.72. The van der Waals surface area contributed by atoms with Crippen molar-refractivity contribution in [3.63, 3.8) is 0 Å². The zero-order chi connectivity index (χ0) is 18.3. The van der Waals surface area contributed by atoms with Crippen LogP contribution in [-0.4, -0.2) is 7.05 Å². The number of thiophene rings is 1. The number of aryl methyl sites for hydroxylation is 1. The Morgan fingerprint density at radius 1 is 1.15 bits per heavy atom. The van der Waals surface area contributed by atoms with Crippen molar-refractivity contribution in [3.8, 4) is 10.4 Å².